The summed E-state index contributed by atoms with van der Waals surface area (Å²) in [5.41, 5.74) is 5.95. The van der Waals surface area contributed by atoms with Gasteiger partial charge >= 0.3 is 5.69 Å². The van der Waals surface area contributed by atoms with Crippen LogP contribution in [-0.2, 0) is 6.54 Å². The van der Waals surface area contributed by atoms with Gasteiger partial charge in [-0.15, -0.1) is 5.10 Å². The summed E-state index contributed by atoms with van der Waals surface area (Å²) >= 11 is 1.28. The van der Waals surface area contributed by atoms with Crippen LogP contribution in [0.15, 0.2) is 44.3 Å². The SMILES string of the molecule is CCn1c(Sc2ccccc2C(N)=NO)n[nH]c1=O. The zero-order valence-corrected chi connectivity index (χ0v) is 11.0. The minimum absolute atomic E-state index is 0.0176. The van der Waals surface area contributed by atoms with E-state index in [0.717, 1.165) is 4.90 Å². The molecule has 0 radical (unpaired) electrons. The molecular weight excluding hydrogens is 266 g/mol. The van der Waals surface area contributed by atoms with E-state index >= 15 is 0 Å². The number of hydrogen-bond donors (Lipinski definition) is 3. The molecule has 0 aliphatic rings. The van der Waals surface area contributed by atoms with E-state index in [9.17, 15) is 4.79 Å². The van der Waals surface area contributed by atoms with Crippen LogP contribution in [0.4, 0.5) is 0 Å². The number of nitrogens with zero attached hydrogens (tertiary/aromatic N) is 3. The quantitative estimate of drug-likeness (QED) is 0.332. The Hall–Kier alpha value is -2.22. The zero-order chi connectivity index (χ0) is 13.8. The molecule has 0 unspecified atom stereocenters. The lowest BCUT2D eigenvalue weighted by Crippen LogP contribution is -2.16. The molecular formula is C11H13N5O2S. The van der Waals surface area contributed by atoms with E-state index in [1.54, 1.807) is 12.1 Å². The van der Waals surface area contributed by atoms with Gasteiger partial charge < -0.3 is 10.9 Å². The molecule has 0 saturated heterocycles. The van der Waals surface area contributed by atoms with Crippen molar-refractivity contribution in [2.24, 2.45) is 10.9 Å². The molecule has 0 atom stereocenters. The van der Waals surface area contributed by atoms with E-state index in [1.165, 1.54) is 16.3 Å². The summed E-state index contributed by atoms with van der Waals surface area (Å²) < 4.78 is 1.51. The van der Waals surface area contributed by atoms with E-state index in [4.69, 9.17) is 10.9 Å². The van der Waals surface area contributed by atoms with E-state index < -0.39 is 0 Å². The highest BCUT2D eigenvalue weighted by Crippen LogP contribution is 2.28. The number of oxime groups is 1. The second-order valence-electron chi connectivity index (χ2n) is 3.64. The van der Waals surface area contributed by atoms with Crippen molar-refractivity contribution in [1.82, 2.24) is 14.8 Å². The van der Waals surface area contributed by atoms with Crippen LogP contribution in [0.1, 0.15) is 12.5 Å². The zero-order valence-electron chi connectivity index (χ0n) is 10.2. The maximum absolute atomic E-state index is 11.5. The van der Waals surface area contributed by atoms with Crippen molar-refractivity contribution in [1.29, 1.82) is 0 Å². The summed E-state index contributed by atoms with van der Waals surface area (Å²) in [5, 5.41) is 18.6. The maximum Gasteiger partial charge on any atom is 0.343 e. The number of nitrogens with one attached hydrogen (secondary N) is 1. The van der Waals surface area contributed by atoms with Crippen LogP contribution in [-0.4, -0.2) is 25.8 Å². The Morgan fingerprint density at radius 3 is 3.00 bits per heavy atom. The second-order valence-corrected chi connectivity index (χ2v) is 4.65. The topological polar surface area (TPSA) is 109 Å². The van der Waals surface area contributed by atoms with Crippen molar-refractivity contribution in [3.8, 4) is 0 Å². The molecule has 0 saturated carbocycles. The smallest absolute Gasteiger partial charge is 0.343 e. The van der Waals surface area contributed by atoms with E-state index in [1.807, 2.05) is 19.1 Å². The van der Waals surface area contributed by atoms with Crippen LogP contribution in [0.25, 0.3) is 0 Å². The highest BCUT2D eigenvalue weighted by Gasteiger charge is 2.12. The number of aromatic nitrogens is 3. The van der Waals surface area contributed by atoms with Gasteiger partial charge in [0.1, 0.15) is 0 Å². The van der Waals surface area contributed by atoms with Crippen molar-refractivity contribution in [3.05, 3.63) is 40.3 Å². The van der Waals surface area contributed by atoms with Crippen LogP contribution in [0.2, 0.25) is 0 Å². The minimum Gasteiger partial charge on any atom is -0.409 e. The third kappa shape index (κ3) is 2.63. The summed E-state index contributed by atoms with van der Waals surface area (Å²) in [4.78, 5) is 12.2. The Morgan fingerprint density at radius 2 is 2.32 bits per heavy atom. The number of benzene rings is 1. The number of rotatable bonds is 4. The molecule has 0 bridgehead atoms. The fourth-order valence-corrected chi connectivity index (χ4v) is 2.62. The average molecular weight is 279 g/mol. The Kier molecular flexibility index (Phi) is 3.91. The monoisotopic (exact) mass is 279 g/mol. The number of amidine groups is 1. The molecule has 1 aromatic heterocycles. The summed E-state index contributed by atoms with van der Waals surface area (Å²) in [6.07, 6.45) is 0. The lowest BCUT2D eigenvalue weighted by molar-refractivity contribution is 0.318. The molecule has 4 N–H and O–H groups in total. The van der Waals surface area contributed by atoms with Gasteiger partial charge in [0, 0.05) is 17.0 Å². The van der Waals surface area contributed by atoms with Gasteiger partial charge in [-0.25, -0.2) is 9.89 Å². The molecule has 1 heterocycles. The van der Waals surface area contributed by atoms with Crippen LogP contribution in [0.5, 0.6) is 0 Å². The fourth-order valence-electron chi connectivity index (χ4n) is 1.58. The minimum atomic E-state index is -0.258. The number of H-pyrrole nitrogens is 1. The highest BCUT2D eigenvalue weighted by atomic mass is 32.2. The lowest BCUT2D eigenvalue weighted by atomic mass is 10.2. The molecule has 7 nitrogen and oxygen atoms in total. The Morgan fingerprint density at radius 1 is 1.58 bits per heavy atom. The van der Waals surface area contributed by atoms with E-state index in [-0.39, 0.29) is 11.5 Å². The Balaban J connectivity index is 2.41. The third-order valence-corrected chi connectivity index (χ3v) is 3.58. The van der Waals surface area contributed by atoms with Crippen LogP contribution in [0, 0.1) is 0 Å². The first-order chi connectivity index (χ1) is 9.17. The average Bonchev–Trinajstić information content (AvgIpc) is 2.79. The van der Waals surface area contributed by atoms with Crippen molar-refractivity contribution in [2.75, 3.05) is 0 Å². The molecule has 2 rings (SSSR count). The van der Waals surface area contributed by atoms with Gasteiger partial charge in [-0.1, -0.05) is 23.4 Å². The Bertz CT molecular complexity index is 661. The fraction of sp³-hybridized carbons (Fsp3) is 0.182. The standard InChI is InChI=1S/C11H13N5O2S/c1-2-16-10(17)13-14-11(16)19-8-6-4-3-5-7(8)9(12)15-18/h3-6,18H,2H2,1H3,(H2,12,15)(H,13,17). The van der Waals surface area contributed by atoms with Gasteiger partial charge in [-0.2, -0.15) is 0 Å². The van der Waals surface area contributed by atoms with E-state index in [2.05, 4.69) is 15.4 Å². The normalized spacial score (nSPS) is 11.7. The molecule has 2 aromatic rings. The predicted octanol–water partition coefficient (Wildman–Crippen LogP) is 0.837. The lowest BCUT2D eigenvalue weighted by Gasteiger charge is -2.07. The molecule has 0 aliphatic carbocycles. The summed E-state index contributed by atoms with van der Waals surface area (Å²) in [6, 6.07) is 7.17. The molecule has 1 aromatic carbocycles. The van der Waals surface area contributed by atoms with Gasteiger partial charge in [-0.05, 0) is 24.8 Å². The highest BCUT2D eigenvalue weighted by molar-refractivity contribution is 7.99. The molecule has 100 valence electrons. The first kappa shape index (κ1) is 13.2. The summed E-state index contributed by atoms with van der Waals surface area (Å²) in [7, 11) is 0. The molecule has 0 amide bonds. The van der Waals surface area contributed by atoms with Gasteiger partial charge in [0.25, 0.3) is 0 Å². The van der Waals surface area contributed by atoms with Crippen molar-refractivity contribution in [3.63, 3.8) is 0 Å². The number of aromatic amines is 1. The van der Waals surface area contributed by atoms with Crippen LogP contribution < -0.4 is 11.4 Å². The van der Waals surface area contributed by atoms with Crippen LogP contribution >= 0.6 is 11.8 Å². The van der Waals surface area contributed by atoms with Crippen molar-refractivity contribution in [2.45, 2.75) is 23.5 Å². The third-order valence-electron chi connectivity index (χ3n) is 2.51. The molecule has 8 heteroatoms. The van der Waals surface area contributed by atoms with Gasteiger partial charge in [0.05, 0.1) is 0 Å². The number of hydrogen-bond acceptors (Lipinski definition) is 5. The van der Waals surface area contributed by atoms with Crippen molar-refractivity contribution < 1.29 is 5.21 Å². The first-order valence-electron chi connectivity index (χ1n) is 5.57. The Labute approximate surface area is 113 Å². The first-order valence-corrected chi connectivity index (χ1v) is 6.39. The predicted molar refractivity (Wildman–Crippen MR) is 71.6 cm³/mol. The molecule has 0 fully saturated rings. The molecule has 19 heavy (non-hydrogen) atoms. The molecule has 0 aliphatic heterocycles. The van der Waals surface area contributed by atoms with E-state index in [0.29, 0.717) is 17.3 Å². The van der Waals surface area contributed by atoms with Crippen molar-refractivity contribution >= 4 is 17.6 Å². The van der Waals surface area contributed by atoms with Gasteiger partial charge in [0.15, 0.2) is 11.0 Å². The largest absolute Gasteiger partial charge is 0.409 e. The summed E-state index contributed by atoms with van der Waals surface area (Å²) in [6.45, 7) is 2.37. The van der Waals surface area contributed by atoms with Gasteiger partial charge in [-0.3, -0.25) is 4.57 Å². The van der Waals surface area contributed by atoms with Gasteiger partial charge in [0.2, 0.25) is 0 Å². The summed E-state index contributed by atoms with van der Waals surface area (Å²) in [5.74, 6) is 0.0176. The number of nitrogens with two attached hydrogens (primary N) is 1. The second kappa shape index (κ2) is 5.61. The van der Waals surface area contributed by atoms with Crippen LogP contribution in [0.3, 0.4) is 0 Å². The maximum atomic E-state index is 11.5. The molecule has 0 spiro atoms.